The predicted octanol–water partition coefficient (Wildman–Crippen LogP) is 6.57. The molecule has 2 N–H and O–H groups in total. The number of nitrogens with zero attached hydrogens (tertiary/aromatic N) is 1. The fourth-order valence-corrected chi connectivity index (χ4v) is 9.28. The number of thiocarbonyl (C=S) groups is 1. The van der Waals surface area contributed by atoms with Crippen molar-refractivity contribution < 1.29 is 8.78 Å². The Bertz CT molecular complexity index is 882. The number of likely N-dealkylation sites (tertiary alicyclic amines) is 1. The van der Waals surface area contributed by atoms with Crippen LogP contribution in [0.25, 0.3) is 0 Å². The number of hydrogen-bond donors (Lipinski definition) is 1. The van der Waals surface area contributed by atoms with Gasteiger partial charge in [-0.05, 0) is 78.6 Å². The zero-order valence-corrected chi connectivity index (χ0v) is 21.3. The monoisotopic (exact) mass is 474 g/mol. The Balaban J connectivity index is 1.54. The molecule has 5 fully saturated rings. The second-order valence-electron chi connectivity index (χ2n) is 12.6. The molecule has 4 saturated carbocycles. The van der Waals surface area contributed by atoms with Gasteiger partial charge in [-0.1, -0.05) is 63.3 Å². The van der Waals surface area contributed by atoms with E-state index in [1.165, 1.54) is 5.56 Å². The van der Waals surface area contributed by atoms with Gasteiger partial charge in [0.25, 0.3) is 0 Å². The lowest BCUT2D eigenvalue weighted by atomic mass is 9.35. The molecule has 0 spiro atoms. The minimum atomic E-state index is -2.23. The smallest absolute Gasteiger partial charge is 0.239 e. The second-order valence-corrected chi connectivity index (χ2v) is 13.0. The van der Waals surface area contributed by atoms with Gasteiger partial charge in [0.05, 0.1) is 4.99 Å². The van der Waals surface area contributed by atoms with E-state index in [1.54, 1.807) is 0 Å². The molecule has 1 aromatic carbocycles. The van der Waals surface area contributed by atoms with Crippen molar-refractivity contribution in [3.8, 4) is 0 Å². The summed E-state index contributed by atoms with van der Waals surface area (Å²) < 4.78 is 27.8. The second kappa shape index (κ2) is 7.98. The van der Waals surface area contributed by atoms with Crippen molar-refractivity contribution in [2.75, 3.05) is 13.1 Å². The van der Waals surface area contributed by atoms with Crippen molar-refractivity contribution in [2.24, 2.45) is 33.8 Å². The summed E-state index contributed by atoms with van der Waals surface area (Å²) in [5.41, 5.74) is 7.65. The highest BCUT2D eigenvalue weighted by Gasteiger charge is 2.68. The lowest BCUT2D eigenvalue weighted by Crippen LogP contribution is -2.66. The molecular weight excluding hydrogens is 434 g/mol. The Hall–Kier alpha value is -1.07. The van der Waals surface area contributed by atoms with E-state index in [2.05, 4.69) is 56.0 Å². The van der Waals surface area contributed by atoms with Gasteiger partial charge in [-0.2, -0.15) is 0 Å². The van der Waals surface area contributed by atoms with Gasteiger partial charge < -0.3 is 10.6 Å². The van der Waals surface area contributed by atoms with E-state index in [0.717, 1.165) is 63.0 Å². The summed E-state index contributed by atoms with van der Waals surface area (Å²) >= 11 is 6.34. The molecule has 5 aliphatic rings. The van der Waals surface area contributed by atoms with Gasteiger partial charge in [-0.3, -0.25) is 0 Å². The van der Waals surface area contributed by atoms with Gasteiger partial charge in [0, 0.05) is 31.0 Å². The van der Waals surface area contributed by atoms with Crippen LogP contribution in [0, 0.1) is 28.1 Å². The molecule has 33 heavy (non-hydrogen) atoms. The summed E-state index contributed by atoms with van der Waals surface area (Å²) in [4.78, 5) is 3.56. The molecule has 0 amide bonds. The van der Waals surface area contributed by atoms with Crippen molar-refractivity contribution >= 4 is 17.2 Å². The zero-order chi connectivity index (χ0) is 23.6. The molecule has 2 unspecified atom stereocenters. The van der Waals surface area contributed by atoms with E-state index in [4.69, 9.17) is 18.0 Å². The maximum Gasteiger partial charge on any atom is 0.239 e. The standard InChI is InChI=1S/C28H40F2N2S/c1-4-28(16-23(29)30)20-12-26(19-8-6-5-7-9-19)13-21(28)15-27(14-20,17-26)24(33)32-11-10-22(31)25(2,3)18-32/h5-9,20-23H,4,10-18,31H2,1-3H3/t20?,21?,22-,26?,27?,28?/m0/s1. The molecule has 0 radical (unpaired) electrons. The SMILES string of the molecule is CCC1(CC(F)F)C2CC3(C(=S)N4CC[C@H](N)C(C)(C)C4)CC1CC(c1ccccc1)(C2)C3. The highest BCUT2D eigenvalue weighted by Crippen LogP contribution is 2.73. The quantitative estimate of drug-likeness (QED) is 0.489. The third kappa shape index (κ3) is 3.59. The largest absolute Gasteiger partial charge is 0.365 e. The number of nitrogens with two attached hydrogens (primary N) is 1. The van der Waals surface area contributed by atoms with E-state index < -0.39 is 6.43 Å². The minimum Gasteiger partial charge on any atom is -0.365 e. The Kier molecular flexibility index (Phi) is 5.72. The van der Waals surface area contributed by atoms with E-state index in [1.807, 2.05) is 0 Å². The molecule has 5 heteroatoms. The molecule has 182 valence electrons. The van der Waals surface area contributed by atoms with Gasteiger partial charge in [-0.15, -0.1) is 0 Å². The lowest BCUT2D eigenvalue weighted by Gasteiger charge is -2.70. The Morgan fingerprint density at radius 2 is 1.76 bits per heavy atom. The molecule has 0 aromatic heterocycles. The van der Waals surface area contributed by atoms with Crippen LogP contribution < -0.4 is 5.73 Å². The Morgan fingerprint density at radius 1 is 1.12 bits per heavy atom. The summed E-state index contributed by atoms with van der Waals surface area (Å²) in [6.45, 7) is 8.48. The number of piperidine rings is 1. The molecule has 4 aliphatic carbocycles. The van der Waals surface area contributed by atoms with E-state index in [0.29, 0.717) is 11.8 Å². The van der Waals surface area contributed by atoms with Gasteiger partial charge in [0.15, 0.2) is 0 Å². The first kappa shape index (κ1) is 23.7. The number of alkyl halides is 2. The van der Waals surface area contributed by atoms with Crippen molar-refractivity contribution in [3.63, 3.8) is 0 Å². The first-order valence-electron chi connectivity index (χ1n) is 12.9. The predicted molar refractivity (Wildman–Crippen MR) is 135 cm³/mol. The number of halogens is 2. The topological polar surface area (TPSA) is 29.3 Å². The average Bonchev–Trinajstić information content (AvgIpc) is 2.77. The van der Waals surface area contributed by atoms with Crippen molar-refractivity contribution in [3.05, 3.63) is 35.9 Å². The minimum absolute atomic E-state index is 0.0323. The molecule has 1 saturated heterocycles. The molecule has 2 nitrogen and oxygen atoms in total. The fraction of sp³-hybridized carbons (Fsp3) is 0.750. The van der Waals surface area contributed by atoms with Crippen molar-refractivity contribution in [1.29, 1.82) is 0 Å². The number of benzene rings is 1. The highest BCUT2D eigenvalue weighted by molar-refractivity contribution is 7.80. The van der Waals surface area contributed by atoms with Crippen LogP contribution in [0.3, 0.4) is 0 Å². The third-order valence-electron chi connectivity index (χ3n) is 10.5. The van der Waals surface area contributed by atoms with Crippen molar-refractivity contribution in [1.82, 2.24) is 4.90 Å². The van der Waals surface area contributed by atoms with Crippen LogP contribution in [0.15, 0.2) is 30.3 Å². The zero-order valence-electron chi connectivity index (χ0n) is 20.5. The Labute approximate surface area is 203 Å². The van der Waals surface area contributed by atoms with Crippen LogP contribution in [0.2, 0.25) is 0 Å². The van der Waals surface area contributed by atoms with E-state index in [9.17, 15) is 8.78 Å². The van der Waals surface area contributed by atoms with Crippen LogP contribution in [0.5, 0.6) is 0 Å². The molecule has 4 bridgehead atoms. The average molecular weight is 475 g/mol. The van der Waals surface area contributed by atoms with Crippen molar-refractivity contribution in [2.45, 2.75) is 90.0 Å². The maximum atomic E-state index is 13.9. The summed E-state index contributed by atoms with van der Waals surface area (Å²) in [5.74, 6) is 0.631. The lowest BCUT2D eigenvalue weighted by molar-refractivity contribution is -0.163. The van der Waals surface area contributed by atoms with E-state index in [-0.39, 0.29) is 34.1 Å². The van der Waals surface area contributed by atoms with Crippen LogP contribution >= 0.6 is 12.2 Å². The van der Waals surface area contributed by atoms with Crippen LogP contribution in [-0.4, -0.2) is 35.4 Å². The van der Waals surface area contributed by atoms with Gasteiger partial charge in [-0.25, -0.2) is 8.78 Å². The van der Waals surface area contributed by atoms with Crippen LogP contribution in [0.4, 0.5) is 8.78 Å². The summed E-state index contributed by atoms with van der Waals surface area (Å²) in [6, 6.07) is 11.1. The number of hydrogen-bond acceptors (Lipinski definition) is 2. The summed E-state index contributed by atoms with van der Waals surface area (Å²) in [7, 11) is 0. The molecule has 1 heterocycles. The van der Waals surface area contributed by atoms with Gasteiger partial charge >= 0.3 is 0 Å². The summed E-state index contributed by atoms with van der Waals surface area (Å²) in [5, 5.41) is 0. The van der Waals surface area contributed by atoms with Crippen LogP contribution in [0.1, 0.15) is 77.7 Å². The van der Waals surface area contributed by atoms with Gasteiger partial charge in [0.1, 0.15) is 0 Å². The first-order valence-corrected chi connectivity index (χ1v) is 13.4. The fourth-order valence-electron chi connectivity index (χ4n) is 8.89. The normalized spacial score (nSPS) is 41.5. The molecule has 1 aromatic rings. The molecule has 6 rings (SSSR count). The van der Waals surface area contributed by atoms with Crippen LogP contribution in [-0.2, 0) is 5.41 Å². The van der Waals surface area contributed by atoms with E-state index >= 15 is 0 Å². The highest BCUT2D eigenvalue weighted by atomic mass is 32.1. The first-order chi connectivity index (χ1) is 15.6. The third-order valence-corrected chi connectivity index (χ3v) is 11.2. The molecule has 1 aliphatic heterocycles. The molecule has 3 atom stereocenters. The maximum absolute atomic E-state index is 13.9. The van der Waals surface area contributed by atoms with Gasteiger partial charge in [0.2, 0.25) is 6.43 Å². The number of rotatable bonds is 5. The summed E-state index contributed by atoms with van der Waals surface area (Å²) in [6.07, 6.45) is 4.76. The molecular formula is C28H40F2N2S. The Morgan fingerprint density at radius 3 is 2.30 bits per heavy atom.